The van der Waals surface area contributed by atoms with E-state index in [2.05, 4.69) is 15.9 Å². The number of alkyl halides is 1. The van der Waals surface area contributed by atoms with Crippen LogP contribution in [-0.4, -0.2) is 10.3 Å². The summed E-state index contributed by atoms with van der Waals surface area (Å²) in [6, 6.07) is 12.4. The molecular formula is C15H11BrFNO2. The van der Waals surface area contributed by atoms with Crippen LogP contribution in [0.3, 0.4) is 0 Å². The van der Waals surface area contributed by atoms with Gasteiger partial charge >= 0.3 is 0 Å². The fourth-order valence-electron chi connectivity index (χ4n) is 1.95. The van der Waals surface area contributed by atoms with Gasteiger partial charge in [-0.25, -0.2) is 4.39 Å². The second-order valence-electron chi connectivity index (χ2n) is 4.05. The molecule has 0 bridgehead atoms. The summed E-state index contributed by atoms with van der Waals surface area (Å²) >= 11 is 3.30. The molecule has 20 heavy (non-hydrogen) atoms. The summed E-state index contributed by atoms with van der Waals surface area (Å²) in [4.78, 5) is 10.7. The highest BCUT2D eigenvalue weighted by Gasteiger charge is 2.17. The van der Waals surface area contributed by atoms with E-state index < -0.39 is 4.92 Å². The van der Waals surface area contributed by atoms with Gasteiger partial charge in [-0.1, -0.05) is 46.3 Å². The quantitative estimate of drug-likeness (QED) is 0.467. The van der Waals surface area contributed by atoms with Gasteiger partial charge in [-0.3, -0.25) is 10.1 Å². The molecule has 2 rings (SSSR count). The maximum Gasteiger partial charge on any atom is 0.277 e. The predicted octanol–water partition coefficient (Wildman–Crippen LogP) is 4.56. The van der Waals surface area contributed by atoms with Crippen molar-refractivity contribution in [2.75, 3.05) is 5.33 Å². The maximum atomic E-state index is 13.0. The third-order valence-corrected chi connectivity index (χ3v) is 3.15. The largest absolute Gasteiger partial charge is 0.277 e. The SMILES string of the molecule is O=[N+]([O-])c1ccccc1/C(=C/CBr)c1ccc(F)cc1. The van der Waals surface area contributed by atoms with Gasteiger partial charge in [0.1, 0.15) is 5.82 Å². The molecule has 0 radical (unpaired) electrons. The number of nitro groups is 1. The van der Waals surface area contributed by atoms with Crippen LogP contribution in [0.25, 0.3) is 5.57 Å². The minimum Gasteiger partial charge on any atom is -0.258 e. The van der Waals surface area contributed by atoms with Crippen molar-refractivity contribution in [2.24, 2.45) is 0 Å². The van der Waals surface area contributed by atoms with E-state index in [1.54, 1.807) is 30.3 Å². The molecule has 102 valence electrons. The number of para-hydroxylation sites is 1. The molecule has 0 atom stereocenters. The van der Waals surface area contributed by atoms with Crippen LogP contribution in [0, 0.1) is 15.9 Å². The first-order chi connectivity index (χ1) is 9.63. The van der Waals surface area contributed by atoms with E-state index in [-0.39, 0.29) is 11.5 Å². The van der Waals surface area contributed by atoms with E-state index in [1.165, 1.54) is 18.2 Å². The molecule has 0 aromatic heterocycles. The fraction of sp³-hybridized carbons (Fsp3) is 0.0667. The van der Waals surface area contributed by atoms with Crippen molar-refractivity contribution in [2.45, 2.75) is 0 Å². The normalized spacial score (nSPS) is 11.4. The molecule has 0 amide bonds. The van der Waals surface area contributed by atoms with E-state index in [4.69, 9.17) is 0 Å². The van der Waals surface area contributed by atoms with E-state index in [0.29, 0.717) is 16.5 Å². The highest BCUT2D eigenvalue weighted by Crippen LogP contribution is 2.31. The first kappa shape index (κ1) is 14.4. The Morgan fingerprint density at radius 2 is 1.85 bits per heavy atom. The second kappa shape index (κ2) is 6.43. The number of rotatable bonds is 4. The number of allylic oxidation sites excluding steroid dienone is 1. The standard InChI is InChI=1S/C15H11BrFNO2/c16-10-9-13(11-5-7-12(17)8-6-11)14-3-1-2-4-15(14)18(19)20/h1-9H,10H2/b13-9+. The molecule has 0 saturated heterocycles. The first-order valence-electron chi connectivity index (χ1n) is 5.89. The molecule has 0 aliphatic rings. The van der Waals surface area contributed by atoms with Crippen molar-refractivity contribution in [3.05, 3.63) is 81.7 Å². The molecule has 0 saturated carbocycles. The summed E-state index contributed by atoms with van der Waals surface area (Å²) in [7, 11) is 0. The van der Waals surface area contributed by atoms with Gasteiger partial charge in [0.2, 0.25) is 0 Å². The van der Waals surface area contributed by atoms with Crippen LogP contribution in [0.4, 0.5) is 10.1 Å². The van der Waals surface area contributed by atoms with Crippen molar-refractivity contribution < 1.29 is 9.31 Å². The molecular weight excluding hydrogens is 325 g/mol. The molecule has 2 aromatic rings. The van der Waals surface area contributed by atoms with Gasteiger partial charge in [-0.15, -0.1) is 0 Å². The Morgan fingerprint density at radius 1 is 1.20 bits per heavy atom. The highest BCUT2D eigenvalue weighted by atomic mass is 79.9. The zero-order chi connectivity index (χ0) is 14.5. The summed E-state index contributed by atoms with van der Waals surface area (Å²) in [5, 5.41) is 11.7. The summed E-state index contributed by atoms with van der Waals surface area (Å²) in [6.07, 6.45) is 1.83. The van der Waals surface area contributed by atoms with Crippen LogP contribution in [0.1, 0.15) is 11.1 Å². The van der Waals surface area contributed by atoms with Crippen LogP contribution < -0.4 is 0 Å². The third kappa shape index (κ3) is 3.11. The number of hydrogen-bond donors (Lipinski definition) is 0. The Bertz CT molecular complexity index is 653. The molecule has 0 aliphatic carbocycles. The summed E-state index contributed by atoms with van der Waals surface area (Å²) in [5.41, 5.74) is 1.99. The van der Waals surface area contributed by atoms with Gasteiger partial charge < -0.3 is 0 Å². The molecule has 3 nitrogen and oxygen atoms in total. The lowest BCUT2D eigenvalue weighted by Gasteiger charge is -2.09. The topological polar surface area (TPSA) is 43.1 Å². The van der Waals surface area contributed by atoms with E-state index in [1.807, 2.05) is 6.08 Å². The number of halogens is 2. The van der Waals surface area contributed by atoms with Gasteiger partial charge in [0.25, 0.3) is 5.69 Å². The van der Waals surface area contributed by atoms with Crippen LogP contribution in [0.5, 0.6) is 0 Å². The van der Waals surface area contributed by atoms with Gasteiger partial charge in [0.15, 0.2) is 0 Å². The van der Waals surface area contributed by atoms with Crippen molar-refractivity contribution >= 4 is 27.2 Å². The van der Waals surface area contributed by atoms with Crippen molar-refractivity contribution in [1.82, 2.24) is 0 Å². The lowest BCUT2D eigenvalue weighted by atomic mass is 9.96. The minimum absolute atomic E-state index is 0.0315. The lowest BCUT2D eigenvalue weighted by Crippen LogP contribution is -1.96. The number of nitrogens with zero attached hydrogens (tertiary/aromatic N) is 1. The summed E-state index contributed by atoms with van der Waals surface area (Å²) < 4.78 is 13.0. The molecule has 2 aromatic carbocycles. The van der Waals surface area contributed by atoms with Crippen molar-refractivity contribution in [3.63, 3.8) is 0 Å². The number of benzene rings is 2. The molecule has 0 N–H and O–H groups in total. The van der Waals surface area contributed by atoms with Gasteiger partial charge in [0, 0.05) is 11.4 Å². The molecule has 0 unspecified atom stereocenters. The average Bonchev–Trinajstić information content (AvgIpc) is 2.46. The summed E-state index contributed by atoms with van der Waals surface area (Å²) in [6.45, 7) is 0. The minimum atomic E-state index is -0.416. The van der Waals surface area contributed by atoms with Crippen LogP contribution in [0.15, 0.2) is 54.6 Å². The number of hydrogen-bond acceptors (Lipinski definition) is 2. The molecule has 0 fully saturated rings. The van der Waals surface area contributed by atoms with Gasteiger partial charge in [0.05, 0.1) is 10.5 Å². The highest BCUT2D eigenvalue weighted by molar-refractivity contribution is 9.09. The number of nitro benzene ring substituents is 1. The second-order valence-corrected chi connectivity index (χ2v) is 4.70. The van der Waals surface area contributed by atoms with Crippen LogP contribution in [0.2, 0.25) is 0 Å². The molecule has 0 heterocycles. The zero-order valence-corrected chi connectivity index (χ0v) is 12.0. The zero-order valence-electron chi connectivity index (χ0n) is 10.4. The molecule has 0 aliphatic heterocycles. The average molecular weight is 336 g/mol. The van der Waals surface area contributed by atoms with Crippen LogP contribution in [-0.2, 0) is 0 Å². The van der Waals surface area contributed by atoms with Gasteiger partial charge in [-0.05, 0) is 29.3 Å². The predicted molar refractivity (Wildman–Crippen MR) is 80.4 cm³/mol. The van der Waals surface area contributed by atoms with Gasteiger partial charge in [-0.2, -0.15) is 0 Å². The van der Waals surface area contributed by atoms with E-state index in [9.17, 15) is 14.5 Å². The van der Waals surface area contributed by atoms with E-state index >= 15 is 0 Å². The Labute approximate surface area is 124 Å². The van der Waals surface area contributed by atoms with Crippen LogP contribution >= 0.6 is 15.9 Å². The first-order valence-corrected chi connectivity index (χ1v) is 7.01. The smallest absolute Gasteiger partial charge is 0.258 e. The van der Waals surface area contributed by atoms with Crippen molar-refractivity contribution in [1.29, 1.82) is 0 Å². The Morgan fingerprint density at radius 3 is 2.45 bits per heavy atom. The van der Waals surface area contributed by atoms with Crippen molar-refractivity contribution in [3.8, 4) is 0 Å². The molecule has 5 heteroatoms. The Balaban J connectivity index is 2.58. The third-order valence-electron chi connectivity index (χ3n) is 2.83. The van der Waals surface area contributed by atoms with E-state index in [0.717, 1.165) is 5.56 Å². The Kier molecular flexibility index (Phi) is 4.63. The monoisotopic (exact) mass is 335 g/mol. The lowest BCUT2D eigenvalue weighted by molar-refractivity contribution is -0.385. The summed E-state index contributed by atoms with van der Waals surface area (Å²) in [5.74, 6) is -0.338. The fourth-order valence-corrected chi connectivity index (χ4v) is 2.27. The Hall–Kier alpha value is -2.01. The molecule has 0 spiro atoms. The maximum absolute atomic E-state index is 13.0.